The van der Waals surface area contributed by atoms with Gasteiger partial charge in [-0.15, -0.1) is 0 Å². The van der Waals surface area contributed by atoms with Crippen LogP contribution in [-0.4, -0.2) is 26.3 Å². The number of aliphatic imine (C=N–C) groups is 1. The van der Waals surface area contributed by atoms with Gasteiger partial charge in [-0.1, -0.05) is 6.92 Å². The van der Waals surface area contributed by atoms with Gasteiger partial charge in [0, 0.05) is 13.3 Å². The highest BCUT2D eigenvalue weighted by atomic mass is 16.5. The van der Waals surface area contributed by atoms with Crippen molar-refractivity contribution in [3.05, 3.63) is 29.7 Å². The second kappa shape index (κ2) is 5.90. The Morgan fingerprint density at radius 3 is 2.75 bits per heavy atom. The van der Waals surface area contributed by atoms with E-state index in [2.05, 4.69) is 9.73 Å². The molecule has 0 radical (unpaired) electrons. The Kier molecular flexibility index (Phi) is 4.51. The van der Waals surface area contributed by atoms with Crippen molar-refractivity contribution in [2.45, 2.75) is 13.3 Å². The van der Waals surface area contributed by atoms with Gasteiger partial charge >= 0.3 is 5.97 Å². The molecule has 0 unspecified atom stereocenters. The minimum atomic E-state index is -0.467. The number of esters is 1. The fourth-order valence-electron chi connectivity index (χ4n) is 1.26. The van der Waals surface area contributed by atoms with Crippen LogP contribution in [0.5, 0.6) is 0 Å². The molecule has 0 aliphatic carbocycles. The third-order valence-electron chi connectivity index (χ3n) is 2.11. The van der Waals surface area contributed by atoms with Crippen LogP contribution < -0.4 is 0 Å². The number of furan rings is 1. The molecule has 0 fully saturated rings. The number of ether oxygens (including phenoxy) is 1. The van der Waals surface area contributed by atoms with E-state index in [-0.39, 0.29) is 5.76 Å². The average Bonchev–Trinajstić information content (AvgIpc) is 2.78. The van der Waals surface area contributed by atoms with Crippen molar-refractivity contribution in [3.8, 4) is 0 Å². The van der Waals surface area contributed by atoms with Crippen LogP contribution in [0.15, 0.2) is 27.6 Å². The Balaban J connectivity index is 2.95. The Morgan fingerprint density at radius 2 is 2.19 bits per heavy atom. The maximum atomic E-state index is 11.2. The Morgan fingerprint density at radius 1 is 1.50 bits per heavy atom. The molecule has 4 heteroatoms. The number of rotatable bonds is 4. The first kappa shape index (κ1) is 12.2. The normalized spacial score (nSPS) is 12.1. The molecule has 86 valence electrons. The van der Waals surface area contributed by atoms with Crippen molar-refractivity contribution < 1.29 is 13.9 Å². The molecule has 0 aliphatic rings. The molecule has 0 amide bonds. The summed E-state index contributed by atoms with van der Waals surface area (Å²) in [5, 5.41) is 0. The standard InChI is InChI=1S/C12H15NO3/c1-4-9(7-8-13-2)10-5-6-11(16-10)12(14)15-3/h5-8H,4H2,1-3H3/b9-7+,13-8?. The smallest absolute Gasteiger partial charge is 0.373 e. The lowest BCUT2D eigenvalue weighted by molar-refractivity contribution is 0.0564. The van der Waals surface area contributed by atoms with Crippen molar-refractivity contribution in [2.24, 2.45) is 4.99 Å². The molecule has 0 spiro atoms. The summed E-state index contributed by atoms with van der Waals surface area (Å²) in [6, 6.07) is 3.36. The molecule has 1 aromatic heterocycles. The zero-order chi connectivity index (χ0) is 12.0. The quantitative estimate of drug-likeness (QED) is 0.580. The van der Waals surface area contributed by atoms with Gasteiger partial charge in [0.2, 0.25) is 5.76 Å². The van der Waals surface area contributed by atoms with E-state index in [1.165, 1.54) is 7.11 Å². The van der Waals surface area contributed by atoms with Gasteiger partial charge in [-0.2, -0.15) is 0 Å². The second-order valence-electron chi connectivity index (χ2n) is 3.11. The van der Waals surface area contributed by atoms with E-state index in [9.17, 15) is 4.79 Å². The Bertz CT molecular complexity index is 416. The molecule has 0 aromatic carbocycles. The summed E-state index contributed by atoms with van der Waals surface area (Å²) < 4.78 is 9.95. The van der Waals surface area contributed by atoms with Crippen LogP contribution in [0.1, 0.15) is 29.7 Å². The highest BCUT2D eigenvalue weighted by molar-refractivity contribution is 5.88. The fraction of sp³-hybridized carbons (Fsp3) is 0.333. The first-order valence-electron chi connectivity index (χ1n) is 5.02. The number of carbonyl (C=O) groups is 1. The van der Waals surface area contributed by atoms with Gasteiger partial charge in [-0.25, -0.2) is 4.79 Å². The molecule has 0 saturated carbocycles. The summed E-state index contributed by atoms with van der Waals surface area (Å²) in [7, 11) is 3.02. The highest BCUT2D eigenvalue weighted by Crippen LogP contribution is 2.20. The predicted octanol–water partition coefficient (Wildman–Crippen LogP) is 2.56. The molecule has 4 nitrogen and oxygen atoms in total. The van der Waals surface area contributed by atoms with Crippen LogP contribution in [0.4, 0.5) is 0 Å². The van der Waals surface area contributed by atoms with Crippen molar-refractivity contribution >= 4 is 17.8 Å². The zero-order valence-corrected chi connectivity index (χ0v) is 9.69. The van der Waals surface area contributed by atoms with E-state index in [4.69, 9.17) is 4.42 Å². The minimum absolute atomic E-state index is 0.213. The summed E-state index contributed by atoms with van der Waals surface area (Å²) in [6.45, 7) is 2.01. The second-order valence-corrected chi connectivity index (χ2v) is 3.11. The van der Waals surface area contributed by atoms with Gasteiger partial charge in [0.15, 0.2) is 0 Å². The van der Waals surface area contributed by atoms with Crippen molar-refractivity contribution in [3.63, 3.8) is 0 Å². The van der Waals surface area contributed by atoms with Crippen LogP contribution in [-0.2, 0) is 4.74 Å². The first-order chi connectivity index (χ1) is 7.72. The molecule has 0 saturated heterocycles. The van der Waals surface area contributed by atoms with Crippen molar-refractivity contribution in [1.29, 1.82) is 0 Å². The molecule has 1 heterocycles. The largest absolute Gasteiger partial charge is 0.463 e. The third-order valence-corrected chi connectivity index (χ3v) is 2.11. The molecule has 0 aliphatic heterocycles. The summed E-state index contributed by atoms with van der Waals surface area (Å²) in [5.74, 6) is 0.416. The van der Waals surface area contributed by atoms with Crippen LogP contribution in [0.25, 0.3) is 5.57 Å². The molecule has 0 N–H and O–H groups in total. The monoisotopic (exact) mass is 221 g/mol. The summed E-state index contributed by atoms with van der Waals surface area (Å²) in [4.78, 5) is 15.1. The summed E-state index contributed by atoms with van der Waals surface area (Å²) in [6.07, 6.45) is 4.36. The average molecular weight is 221 g/mol. The van der Waals surface area contributed by atoms with Gasteiger partial charge in [0.05, 0.1) is 7.11 Å². The first-order valence-corrected chi connectivity index (χ1v) is 5.02. The highest BCUT2D eigenvalue weighted by Gasteiger charge is 2.12. The van der Waals surface area contributed by atoms with Crippen LogP contribution in [0.3, 0.4) is 0 Å². The number of allylic oxidation sites excluding steroid dienone is 2. The third kappa shape index (κ3) is 2.82. The van der Waals surface area contributed by atoms with E-state index < -0.39 is 5.97 Å². The Labute approximate surface area is 94.6 Å². The molecule has 16 heavy (non-hydrogen) atoms. The van der Waals surface area contributed by atoms with E-state index >= 15 is 0 Å². The topological polar surface area (TPSA) is 51.8 Å². The van der Waals surface area contributed by atoms with Crippen molar-refractivity contribution in [2.75, 3.05) is 14.2 Å². The lowest BCUT2D eigenvalue weighted by Gasteiger charge is -1.98. The fourth-order valence-corrected chi connectivity index (χ4v) is 1.26. The summed E-state index contributed by atoms with van der Waals surface area (Å²) >= 11 is 0. The molecular weight excluding hydrogens is 206 g/mol. The zero-order valence-electron chi connectivity index (χ0n) is 9.69. The number of hydrogen-bond donors (Lipinski definition) is 0. The number of carbonyl (C=O) groups excluding carboxylic acids is 1. The maximum absolute atomic E-state index is 11.2. The molecule has 0 bridgehead atoms. The van der Waals surface area contributed by atoms with Crippen molar-refractivity contribution in [1.82, 2.24) is 0 Å². The van der Waals surface area contributed by atoms with Gasteiger partial charge < -0.3 is 9.15 Å². The number of hydrogen-bond acceptors (Lipinski definition) is 4. The van der Waals surface area contributed by atoms with Gasteiger partial charge in [0.1, 0.15) is 5.76 Å². The van der Waals surface area contributed by atoms with Gasteiger partial charge in [-0.3, -0.25) is 4.99 Å². The lowest BCUT2D eigenvalue weighted by atomic mass is 10.1. The maximum Gasteiger partial charge on any atom is 0.373 e. The van der Waals surface area contributed by atoms with E-state index in [1.807, 2.05) is 13.0 Å². The number of methoxy groups -OCH3 is 1. The number of nitrogens with zero attached hydrogens (tertiary/aromatic N) is 1. The van der Waals surface area contributed by atoms with Crippen LogP contribution in [0.2, 0.25) is 0 Å². The lowest BCUT2D eigenvalue weighted by Crippen LogP contribution is -1.98. The van der Waals surface area contributed by atoms with Crippen LogP contribution >= 0.6 is 0 Å². The SMILES string of the molecule is CC/C(=C\C=NC)c1ccc(C(=O)OC)o1. The Hall–Kier alpha value is -1.84. The minimum Gasteiger partial charge on any atom is -0.463 e. The van der Waals surface area contributed by atoms with Gasteiger partial charge in [-0.05, 0) is 30.2 Å². The van der Waals surface area contributed by atoms with E-state index in [0.717, 1.165) is 12.0 Å². The molecule has 0 atom stereocenters. The van der Waals surface area contributed by atoms with Gasteiger partial charge in [0.25, 0.3) is 0 Å². The van der Waals surface area contributed by atoms with E-state index in [1.54, 1.807) is 25.4 Å². The molecular formula is C12H15NO3. The van der Waals surface area contributed by atoms with E-state index in [0.29, 0.717) is 5.76 Å². The molecule has 1 rings (SSSR count). The predicted molar refractivity (Wildman–Crippen MR) is 62.7 cm³/mol. The summed E-state index contributed by atoms with van der Waals surface area (Å²) in [5.41, 5.74) is 0.987. The van der Waals surface area contributed by atoms with Crippen LogP contribution in [0, 0.1) is 0 Å². The molecule has 1 aromatic rings.